The number of aromatic hydroxyl groups is 3. The van der Waals surface area contributed by atoms with Crippen molar-refractivity contribution in [1.82, 2.24) is 0 Å². The predicted octanol–water partition coefficient (Wildman–Crippen LogP) is 3.21. The number of phenolic OH excluding ortho intramolecular Hbond substituents is 3. The van der Waals surface area contributed by atoms with Gasteiger partial charge in [-0.3, -0.25) is 4.79 Å². The van der Waals surface area contributed by atoms with Crippen LogP contribution in [-0.2, 0) is 0 Å². The van der Waals surface area contributed by atoms with Crippen LogP contribution >= 0.6 is 0 Å². The summed E-state index contributed by atoms with van der Waals surface area (Å²) >= 11 is 0. The molecule has 0 amide bonds. The van der Waals surface area contributed by atoms with Crippen molar-refractivity contribution in [3.05, 3.63) is 39.5 Å². The second-order valence-corrected chi connectivity index (χ2v) is 5.83. The van der Waals surface area contributed by atoms with E-state index in [2.05, 4.69) is 0 Å². The van der Waals surface area contributed by atoms with Crippen molar-refractivity contribution in [3.8, 4) is 40.1 Å². The van der Waals surface area contributed by atoms with E-state index in [0.29, 0.717) is 22.4 Å². The lowest BCUT2D eigenvalue weighted by Gasteiger charge is -2.16. The van der Waals surface area contributed by atoms with E-state index in [1.54, 1.807) is 13.8 Å². The van der Waals surface area contributed by atoms with E-state index in [1.165, 1.54) is 32.4 Å². The third-order valence-corrected chi connectivity index (χ3v) is 4.33. The largest absolute Gasteiger partial charge is 0.507 e. The average molecular weight is 358 g/mol. The molecule has 136 valence electrons. The maximum atomic E-state index is 12.9. The Balaban J connectivity index is 2.49. The fourth-order valence-electron chi connectivity index (χ4n) is 3.02. The molecule has 7 heteroatoms. The van der Waals surface area contributed by atoms with Crippen molar-refractivity contribution in [2.45, 2.75) is 13.8 Å². The quantitative estimate of drug-likeness (QED) is 0.617. The minimum atomic E-state index is -0.553. The summed E-state index contributed by atoms with van der Waals surface area (Å²) in [5, 5.41) is 29.7. The maximum absolute atomic E-state index is 12.9. The molecule has 0 aliphatic carbocycles. The van der Waals surface area contributed by atoms with Gasteiger partial charge in [-0.2, -0.15) is 0 Å². The van der Waals surface area contributed by atoms with Crippen LogP contribution in [0.5, 0.6) is 28.7 Å². The molecule has 3 rings (SSSR count). The van der Waals surface area contributed by atoms with Crippen LogP contribution in [0, 0.1) is 13.8 Å². The molecule has 0 radical (unpaired) electrons. The predicted molar refractivity (Wildman–Crippen MR) is 95.5 cm³/mol. The molecule has 1 aromatic heterocycles. The summed E-state index contributed by atoms with van der Waals surface area (Å²) in [6.45, 7) is 3.35. The highest BCUT2D eigenvalue weighted by molar-refractivity contribution is 5.92. The first kappa shape index (κ1) is 17.5. The van der Waals surface area contributed by atoms with Gasteiger partial charge >= 0.3 is 0 Å². The molecule has 3 N–H and O–H groups in total. The number of rotatable bonds is 3. The number of hydrogen-bond acceptors (Lipinski definition) is 7. The third-order valence-electron chi connectivity index (χ3n) is 4.33. The normalized spacial score (nSPS) is 10.9. The van der Waals surface area contributed by atoms with Crippen molar-refractivity contribution in [2.24, 2.45) is 0 Å². The van der Waals surface area contributed by atoms with Crippen molar-refractivity contribution in [3.63, 3.8) is 0 Å². The van der Waals surface area contributed by atoms with Crippen molar-refractivity contribution < 1.29 is 29.2 Å². The molecule has 0 aliphatic rings. The number of hydrogen-bond donors (Lipinski definition) is 3. The van der Waals surface area contributed by atoms with Gasteiger partial charge in [0.05, 0.1) is 14.2 Å². The summed E-state index contributed by atoms with van der Waals surface area (Å²) in [4.78, 5) is 12.9. The van der Waals surface area contributed by atoms with Gasteiger partial charge < -0.3 is 29.2 Å². The summed E-state index contributed by atoms with van der Waals surface area (Å²) in [6, 6.07) is 4.00. The van der Waals surface area contributed by atoms with E-state index in [-0.39, 0.29) is 39.7 Å². The molecule has 0 spiro atoms. The first-order valence-electron chi connectivity index (χ1n) is 7.75. The van der Waals surface area contributed by atoms with E-state index in [9.17, 15) is 20.1 Å². The average Bonchev–Trinajstić information content (AvgIpc) is 2.62. The number of ether oxygens (including phenoxy) is 2. The van der Waals surface area contributed by atoms with E-state index < -0.39 is 5.43 Å². The molecule has 1 heterocycles. The highest BCUT2D eigenvalue weighted by Gasteiger charge is 2.24. The number of methoxy groups -OCH3 is 2. The monoisotopic (exact) mass is 358 g/mol. The first-order valence-corrected chi connectivity index (χ1v) is 7.75. The molecule has 26 heavy (non-hydrogen) atoms. The Labute approximate surface area is 148 Å². The van der Waals surface area contributed by atoms with Gasteiger partial charge in [0.15, 0.2) is 17.3 Å². The Morgan fingerprint density at radius 3 is 2.15 bits per heavy atom. The van der Waals surface area contributed by atoms with E-state index in [4.69, 9.17) is 13.9 Å². The lowest BCUT2D eigenvalue weighted by atomic mass is 10.0. The zero-order valence-corrected chi connectivity index (χ0v) is 14.7. The standard InChI is InChI=1S/C19H18O7/c1-8-14(22)13-15(23)19(25-4)18(10-5-6-11(20)12(21)7-10)26-17(13)9(2)16(8)24-3/h5-7,20-22H,1-4H3. The summed E-state index contributed by atoms with van der Waals surface area (Å²) in [7, 11) is 2.77. The second kappa shape index (κ2) is 6.18. The molecular formula is C19H18O7. The zero-order chi connectivity index (χ0) is 19.2. The van der Waals surface area contributed by atoms with Crippen LogP contribution < -0.4 is 14.9 Å². The van der Waals surface area contributed by atoms with E-state index in [0.717, 1.165) is 0 Å². The lowest BCUT2D eigenvalue weighted by Crippen LogP contribution is -2.09. The fraction of sp³-hybridized carbons (Fsp3) is 0.211. The van der Waals surface area contributed by atoms with Crippen LogP contribution in [0.2, 0.25) is 0 Å². The number of benzene rings is 2. The molecule has 0 fully saturated rings. The summed E-state index contributed by atoms with van der Waals surface area (Å²) in [5.41, 5.74) is 0.888. The smallest absolute Gasteiger partial charge is 0.239 e. The molecule has 2 aromatic carbocycles. The van der Waals surface area contributed by atoms with Crippen LogP contribution in [-0.4, -0.2) is 29.5 Å². The van der Waals surface area contributed by atoms with Crippen molar-refractivity contribution in [2.75, 3.05) is 14.2 Å². The van der Waals surface area contributed by atoms with Gasteiger partial charge in [0.1, 0.15) is 22.5 Å². The Bertz CT molecular complexity index is 1080. The first-order chi connectivity index (χ1) is 12.3. The maximum Gasteiger partial charge on any atom is 0.239 e. The van der Waals surface area contributed by atoms with Gasteiger partial charge in [0.2, 0.25) is 11.2 Å². The van der Waals surface area contributed by atoms with Gasteiger partial charge in [0, 0.05) is 16.7 Å². The van der Waals surface area contributed by atoms with Gasteiger partial charge in [-0.15, -0.1) is 0 Å². The molecule has 0 bridgehead atoms. The highest BCUT2D eigenvalue weighted by Crippen LogP contribution is 2.42. The Hall–Kier alpha value is -3.35. The van der Waals surface area contributed by atoms with Crippen LogP contribution in [0.3, 0.4) is 0 Å². The van der Waals surface area contributed by atoms with Crippen LogP contribution in [0.1, 0.15) is 11.1 Å². The number of phenols is 3. The second-order valence-electron chi connectivity index (χ2n) is 5.83. The van der Waals surface area contributed by atoms with Crippen LogP contribution in [0.25, 0.3) is 22.3 Å². The van der Waals surface area contributed by atoms with Crippen molar-refractivity contribution in [1.29, 1.82) is 0 Å². The topological polar surface area (TPSA) is 109 Å². The van der Waals surface area contributed by atoms with Crippen molar-refractivity contribution >= 4 is 11.0 Å². The van der Waals surface area contributed by atoms with Crippen LogP contribution in [0.4, 0.5) is 0 Å². The molecule has 7 nitrogen and oxygen atoms in total. The van der Waals surface area contributed by atoms with Gasteiger partial charge in [-0.1, -0.05) is 0 Å². The molecule has 0 atom stereocenters. The minimum Gasteiger partial charge on any atom is -0.507 e. The highest BCUT2D eigenvalue weighted by atomic mass is 16.5. The fourth-order valence-corrected chi connectivity index (χ4v) is 3.02. The number of aryl methyl sites for hydroxylation is 1. The zero-order valence-electron chi connectivity index (χ0n) is 14.7. The lowest BCUT2D eigenvalue weighted by molar-refractivity contribution is 0.391. The number of fused-ring (bicyclic) bond motifs is 1. The molecule has 0 saturated heterocycles. The molecule has 0 unspecified atom stereocenters. The minimum absolute atomic E-state index is 0.00981. The van der Waals surface area contributed by atoms with Gasteiger partial charge in [-0.25, -0.2) is 0 Å². The summed E-state index contributed by atoms with van der Waals surface area (Å²) in [6.07, 6.45) is 0. The SMILES string of the molecule is COc1c(C)c(O)c2c(=O)c(OC)c(-c3ccc(O)c(O)c3)oc2c1C. The third kappa shape index (κ3) is 2.40. The Morgan fingerprint density at radius 1 is 0.923 bits per heavy atom. The van der Waals surface area contributed by atoms with Gasteiger partial charge in [-0.05, 0) is 32.0 Å². The molecule has 3 aromatic rings. The summed E-state index contributed by atoms with van der Waals surface area (Å²) < 4.78 is 16.4. The van der Waals surface area contributed by atoms with Crippen LogP contribution in [0.15, 0.2) is 27.4 Å². The summed E-state index contributed by atoms with van der Waals surface area (Å²) in [5.74, 6) is -0.566. The molecule has 0 saturated carbocycles. The Kier molecular flexibility index (Phi) is 4.15. The van der Waals surface area contributed by atoms with E-state index in [1.807, 2.05) is 0 Å². The molecular weight excluding hydrogens is 340 g/mol. The molecule has 0 aliphatic heterocycles. The van der Waals surface area contributed by atoms with Gasteiger partial charge in [0.25, 0.3) is 0 Å². The Morgan fingerprint density at radius 2 is 1.58 bits per heavy atom. The van der Waals surface area contributed by atoms with E-state index >= 15 is 0 Å².